The van der Waals surface area contributed by atoms with Gasteiger partial charge in [0.25, 0.3) is 0 Å². The molecule has 1 aromatic carbocycles. The summed E-state index contributed by atoms with van der Waals surface area (Å²) in [7, 11) is 0. The van der Waals surface area contributed by atoms with E-state index in [1.807, 2.05) is 31.2 Å². The number of imidazole rings is 1. The van der Waals surface area contributed by atoms with E-state index in [0.717, 1.165) is 33.7 Å². The third-order valence-electron chi connectivity index (χ3n) is 3.81. The number of hydrogen-bond acceptors (Lipinski definition) is 4. The molecule has 0 unspecified atom stereocenters. The molecule has 0 atom stereocenters. The van der Waals surface area contributed by atoms with Gasteiger partial charge < -0.3 is 9.72 Å². The normalized spacial score (nSPS) is 14.6. The lowest BCUT2D eigenvalue weighted by Crippen LogP contribution is -2.23. The highest BCUT2D eigenvalue weighted by atomic mass is 16.6. The number of hydrogen-bond donors (Lipinski definition) is 1. The van der Waals surface area contributed by atoms with Gasteiger partial charge in [0.2, 0.25) is 0 Å². The summed E-state index contributed by atoms with van der Waals surface area (Å²) in [6, 6.07) is 7.84. The average molecular weight is 294 g/mol. The number of benzene rings is 1. The molecule has 1 aliphatic heterocycles. The first kappa shape index (κ1) is 12.8. The Morgan fingerprint density at radius 3 is 2.95 bits per heavy atom. The van der Waals surface area contributed by atoms with Gasteiger partial charge in [-0.2, -0.15) is 0 Å². The number of ether oxygens (including phenoxy) is 1. The zero-order chi connectivity index (χ0) is 15.1. The van der Waals surface area contributed by atoms with Crippen molar-refractivity contribution in [3.8, 4) is 11.5 Å². The van der Waals surface area contributed by atoms with Crippen LogP contribution in [0.5, 0.6) is 0 Å². The fourth-order valence-corrected chi connectivity index (χ4v) is 2.71. The smallest absolute Gasteiger partial charge is 0.414 e. The Hall–Kier alpha value is -2.89. The van der Waals surface area contributed by atoms with Gasteiger partial charge in [0.1, 0.15) is 12.3 Å². The molecular formula is C16H14N4O2. The molecule has 0 radical (unpaired) electrons. The molecule has 1 amide bonds. The number of carbonyl (C=O) groups is 1. The first-order valence-corrected chi connectivity index (χ1v) is 7.08. The lowest BCUT2D eigenvalue weighted by atomic mass is 10.1. The van der Waals surface area contributed by atoms with Crippen molar-refractivity contribution in [3.05, 3.63) is 42.2 Å². The second kappa shape index (κ2) is 4.84. The van der Waals surface area contributed by atoms with E-state index in [-0.39, 0.29) is 6.09 Å². The molecule has 0 aliphatic carbocycles. The molecule has 22 heavy (non-hydrogen) atoms. The molecule has 2 aromatic heterocycles. The van der Waals surface area contributed by atoms with Crippen LogP contribution in [0.2, 0.25) is 0 Å². The van der Waals surface area contributed by atoms with E-state index in [1.54, 1.807) is 17.3 Å². The van der Waals surface area contributed by atoms with Gasteiger partial charge in [-0.05, 0) is 30.7 Å². The molecule has 1 N–H and O–H groups in total. The number of H-pyrrole nitrogens is 1. The van der Waals surface area contributed by atoms with E-state index in [2.05, 4.69) is 15.0 Å². The van der Waals surface area contributed by atoms with Crippen LogP contribution < -0.4 is 4.90 Å². The lowest BCUT2D eigenvalue weighted by Gasteiger charge is -2.14. The molecule has 0 saturated carbocycles. The summed E-state index contributed by atoms with van der Waals surface area (Å²) in [6.07, 6.45) is 3.17. The van der Waals surface area contributed by atoms with Crippen molar-refractivity contribution in [2.24, 2.45) is 0 Å². The number of aryl methyl sites for hydroxylation is 1. The number of fused-ring (bicyclic) bond motifs is 1. The Morgan fingerprint density at radius 1 is 1.32 bits per heavy atom. The summed E-state index contributed by atoms with van der Waals surface area (Å²) in [5, 5.41) is 1.06. The fraction of sp³-hybridized carbons (Fsp3) is 0.188. The predicted octanol–water partition coefficient (Wildman–Crippen LogP) is 2.89. The molecule has 1 fully saturated rings. The van der Waals surface area contributed by atoms with Gasteiger partial charge in [-0.15, -0.1) is 0 Å². The van der Waals surface area contributed by atoms with E-state index in [1.165, 1.54) is 0 Å². The van der Waals surface area contributed by atoms with Crippen molar-refractivity contribution in [2.45, 2.75) is 6.92 Å². The number of nitrogens with zero attached hydrogens (tertiary/aromatic N) is 3. The van der Waals surface area contributed by atoms with E-state index in [9.17, 15) is 4.79 Å². The average Bonchev–Trinajstić information content (AvgIpc) is 3.17. The minimum atomic E-state index is -0.307. The lowest BCUT2D eigenvalue weighted by molar-refractivity contribution is 0.181. The molecule has 1 aliphatic rings. The third kappa shape index (κ3) is 2.00. The predicted molar refractivity (Wildman–Crippen MR) is 82.8 cm³/mol. The van der Waals surface area contributed by atoms with Gasteiger partial charge in [-0.25, -0.2) is 14.8 Å². The molecule has 3 heterocycles. The topological polar surface area (TPSA) is 71.1 Å². The van der Waals surface area contributed by atoms with Crippen LogP contribution in [0, 0.1) is 6.92 Å². The van der Waals surface area contributed by atoms with E-state index in [0.29, 0.717) is 13.2 Å². The third-order valence-corrected chi connectivity index (χ3v) is 3.81. The van der Waals surface area contributed by atoms with E-state index < -0.39 is 0 Å². The largest absolute Gasteiger partial charge is 0.447 e. The van der Waals surface area contributed by atoms with Gasteiger partial charge in [0, 0.05) is 23.5 Å². The van der Waals surface area contributed by atoms with Crippen molar-refractivity contribution in [1.82, 2.24) is 15.0 Å². The quantitative estimate of drug-likeness (QED) is 0.789. The van der Waals surface area contributed by atoms with Gasteiger partial charge in [-0.3, -0.25) is 4.90 Å². The summed E-state index contributed by atoms with van der Waals surface area (Å²) in [4.78, 5) is 25.3. The summed E-state index contributed by atoms with van der Waals surface area (Å²) in [5.41, 5.74) is 3.55. The number of anilines is 1. The highest BCUT2D eigenvalue weighted by Crippen LogP contribution is 2.27. The van der Waals surface area contributed by atoms with Gasteiger partial charge in [0.05, 0.1) is 12.1 Å². The maximum Gasteiger partial charge on any atom is 0.414 e. The molecule has 0 bridgehead atoms. The molecular weight excluding hydrogens is 280 g/mol. The Labute approximate surface area is 126 Å². The van der Waals surface area contributed by atoms with Crippen LogP contribution >= 0.6 is 0 Å². The maximum absolute atomic E-state index is 11.7. The van der Waals surface area contributed by atoms with Crippen molar-refractivity contribution >= 4 is 22.7 Å². The second-order valence-corrected chi connectivity index (χ2v) is 5.23. The van der Waals surface area contributed by atoms with Gasteiger partial charge >= 0.3 is 6.09 Å². The zero-order valence-electron chi connectivity index (χ0n) is 12.0. The first-order chi connectivity index (χ1) is 10.7. The molecule has 1 saturated heterocycles. The fourth-order valence-electron chi connectivity index (χ4n) is 2.71. The van der Waals surface area contributed by atoms with Crippen LogP contribution in [-0.4, -0.2) is 34.2 Å². The standard InChI is InChI=1S/C16H14N4O2/c1-10-8-14(15-17-4-5-18-15)19-13-9-11(2-3-12(10)13)20-6-7-22-16(20)21/h2-5,8-9H,6-7H2,1H3,(H,17,18). The number of aromatic amines is 1. The minimum absolute atomic E-state index is 0.307. The van der Waals surface area contributed by atoms with Gasteiger partial charge in [-0.1, -0.05) is 6.07 Å². The molecule has 110 valence electrons. The highest BCUT2D eigenvalue weighted by molar-refractivity contribution is 5.94. The SMILES string of the molecule is Cc1cc(-c2ncc[nH]2)nc2cc(N3CCOC3=O)ccc12. The van der Waals surface area contributed by atoms with Crippen molar-refractivity contribution in [1.29, 1.82) is 0 Å². The Morgan fingerprint density at radius 2 is 2.23 bits per heavy atom. The molecule has 3 aromatic rings. The summed E-state index contributed by atoms with van der Waals surface area (Å²) in [6.45, 7) is 3.04. The summed E-state index contributed by atoms with van der Waals surface area (Å²) in [5.74, 6) is 0.732. The zero-order valence-corrected chi connectivity index (χ0v) is 12.0. The van der Waals surface area contributed by atoms with Crippen LogP contribution in [-0.2, 0) is 4.74 Å². The Bertz CT molecular complexity index is 858. The molecule has 6 heteroatoms. The van der Waals surface area contributed by atoms with Crippen molar-refractivity contribution in [2.75, 3.05) is 18.1 Å². The van der Waals surface area contributed by atoms with Gasteiger partial charge in [0.15, 0.2) is 5.82 Å². The Kier molecular flexibility index (Phi) is 2.82. The van der Waals surface area contributed by atoms with Crippen molar-refractivity contribution in [3.63, 3.8) is 0 Å². The number of pyridine rings is 1. The van der Waals surface area contributed by atoms with Crippen LogP contribution in [0.1, 0.15) is 5.56 Å². The number of rotatable bonds is 2. The summed E-state index contributed by atoms with van der Waals surface area (Å²) >= 11 is 0. The second-order valence-electron chi connectivity index (χ2n) is 5.23. The van der Waals surface area contributed by atoms with Crippen LogP contribution in [0.3, 0.4) is 0 Å². The minimum Gasteiger partial charge on any atom is -0.447 e. The van der Waals surface area contributed by atoms with Crippen LogP contribution in [0.4, 0.5) is 10.5 Å². The monoisotopic (exact) mass is 294 g/mol. The van der Waals surface area contributed by atoms with E-state index >= 15 is 0 Å². The number of aromatic nitrogens is 3. The Balaban J connectivity index is 1.85. The first-order valence-electron chi connectivity index (χ1n) is 7.08. The highest BCUT2D eigenvalue weighted by Gasteiger charge is 2.23. The molecule has 6 nitrogen and oxygen atoms in total. The van der Waals surface area contributed by atoms with E-state index in [4.69, 9.17) is 4.74 Å². The van der Waals surface area contributed by atoms with Crippen molar-refractivity contribution < 1.29 is 9.53 Å². The number of carbonyl (C=O) groups excluding carboxylic acids is 1. The molecule has 4 rings (SSSR count). The summed E-state index contributed by atoms with van der Waals surface area (Å²) < 4.78 is 4.99. The number of nitrogens with one attached hydrogen (secondary N) is 1. The molecule has 0 spiro atoms. The maximum atomic E-state index is 11.7. The van der Waals surface area contributed by atoms with Crippen LogP contribution in [0.15, 0.2) is 36.7 Å². The number of amides is 1. The number of cyclic esters (lactones) is 1. The van der Waals surface area contributed by atoms with Crippen LogP contribution in [0.25, 0.3) is 22.4 Å².